The van der Waals surface area contributed by atoms with E-state index < -0.39 is 17.6 Å². The molecule has 0 aliphatic rings. The van der Waals surface area contributed by atoms with Crippen LogP contribution in [0.3, 0.4) is 0 Å². The van der Waals surface area contributed by atoms with Gasteiger partial charge in [0.2, 0.25) is 0 Å². The van der Waals surface area contributed by atoms with Crippen molar-refractivity contribution < 1.29 is 18.0 Å². The second-order valence-electron chi connectivity index (χ2n) is 6.90. The number of nitrogens with one attached hydrogen (secondary N) is 1. The van der Waals surface area contributed by atoms with Gasteiger partial charge in [-0.25, -0.2) is 4.98 Å². The standard InChI is InChI=1S/C23H17F3N4OS/c1-15-7-8-18(29-21(31)16-4-2-5-17(12-16)23(24,25)26)13-20(15)30(22-28-10-11-32-22)19-6-3-9-27-14-19/h2-14H,1H3,(H,29,31). The normalized spacial score (nSPS) is 11.2. The van der Waals surface area contributed by atoms with Crippen LogP contribution in [0.15, 0.2) is 78.6 Å². The number of alkyl halides is 3. The predicted octanol–water partition coefficient (Wildman–Crippen LogP) is 6.59. The number of pyridine rings is 1. The van der Waals surface area contributed by atoms with Gasteiger partial charge in [-0.05, 0) is 55.0 Å². The van der Waals surface area contributed by atoms with Crippen molar-refractivity contribution in [2.45, 2.75) is 13.1 Å². The molecule has 0 aliphatic carbocycles. The highest BCUT2D eigenvalue weighted by molar-refractivity contribution is 7.13. The van der Waals surface area contributed by atoms with E-state index in [1.807, 2.05) is 35.4 Å². The van der Waals surface area contributed by atoms with Crippen LogP contribution in [-0.4, -0.2) is 15.9 Å². The molecule has 2 heterocycles. The number of hydrogen-bond acceptors (Lipinski definition) is 5. The first-order chi connectivity index (χ1) is 15.3. The Balaban J connectivity index is 1.68. The zero-order chi connectivity index (χ0) is 22.7. The number of benzene rings is 2. The number of aromatic nitrogens is 2. The Morgan fingerprint density at radius 2 is 1.91 bits per heavy atom. The van der Waals surface area contributed by atoms with E-state index in [0.29, 0.717) is 10.8 Å². The molecule has 4 rings (SSSR count). The van der Waals surface area contributed by atoms with Crippen molar-refractivity contribution in [3.05, 3.63) is 95.3 Å². The van der Waals surface area contributed by atoms with Crippen molar-refractivity contribution in [3.8, 4) is 0 Å². The lowest BCUT2D eigenvalue weighted by Crippen LogP contribution is -2.15. The molecule has 162 valence electrons. The molecule has 1 N–H and O–H groups in total. The van der Waals surface area contributed by atoms with E-state index in [1.54, 1.807) is 30.7 Å². The van der Waals surface area contributed by atoms with E-state index in [9.17, 15) is 18.0 Å². The van der Waals surface area contributed by atoms with Crippen molar-refractivity contribution in [1.29, 1.82) is 0 Å². The average molecular weight is 454 g/mol. The number of nitrogens with zero attached hydrogens (tertiary/aromatic N) is 3. The molecule has 0 saturated carbocycles. The highest BCUT2D eigenvalue weighted by Gasteiger charge is 2.31. The fraction of sp³-hybridized carbons (Fsp3) is 0.0870. The third-order valence-electron chi connectivity index (χ3n) is 4.67. The summed E-state index contributed by atoms with van der Waals surface area (Å²) in [5.41, 5.74) is 1.95. The van der Waals surface area contributed by atoms with Crippen molar-refractivity contribution in [1.82, 2.24) is 9.97 Å². The maximum atomic E-state index is 13.0. The average Bonchev–Trinajstić information content (AvgIpc) is 3.31. The largest absolute Gasteiger partial charge is 0.416 e. The van der Waals surface area contributed by atoms with Crippen LogP contribution in [0.1, 0.15) is 21.5 Å². The van der Waals surface area contributed by atoms with E-state index >= 15 is 0 Å². The molecule has 0 bridgehead atoms. The molecule has 0 unspecified atom stereocenters. The number of amides is 1. The van der Waals surface area contributed by atoms with Crippen LogP contribution in [0.4, 0.5) is 35.4 Å². The summed E-state index contributed by atoms with van der Waals surface area (Å²) in [6, 6.07) is 13.3. The van der Waals surface area contributed by atoms with Crippen LogP contribution in [0.2, 0.25) is 0 Å². The van der Waals surface area contributed by atoms with Crippen molar-refractivity contribution in [2.75, 3.05) is 10.2 Å². The van der Waals surface area contributed by atoms with Gasteiger partial charge in [0, 0.05) is 29.0 Å². The van der Waals surface area contributed by atoms with Gasteiger partial charge in [-0.2, -0.15) is 13.2 Å². The number of hydrogen-bond donors (Lipinski definition) is 1. The van der Waals surface area contributed by atoms with E-state index in [1.165, 1.54) is 23.5 Å². The van der Waals surface area contributed by atoms with Crippen LogP contribution >= 0.6 is 11.3 Å². The Morgan fingerprint density at radius 3 is 2.59 bits per heavy atom. The quantitative estimate of drug-likeness (QED) is 0.370. The molecule has 0 spiro atoms. The molecular weight excluding hydrogens is 437 g/mol. The Labute approximate surface area is 186 Å². The van der Waals surface area contributed by atoms with Gasteiger partial charge in [-0.3, -0.25) is 14.7 Å². The zero-order valence-electron chi connectivity index (χ0n) is 16.8. The van der Waals surface area contributed by atoms with Crippen LogP contribution in [-0.2, 0) is 6.18 Å². The number of carbonyl (C=O) groups excluding carboxylic acids is 1. The number of carbonyl (C=O) groups is 1. The van der Waals surface area contributed by atoms with Gasteiger partial charge in [-0.1, -0.05) is 12.1 Å². The molecule has 1 amide bonds. The highest BCUT2D eigenvalue weighted by Crippen LogP contribution is 2.38. The molecule has 2 aromatic heterocycles. The minimum absolute atomic E-state index is 0.0778. The molecule has 0 saturated heterocycles. The van der Waals surface area contributed by atoms with Gasteiger partial charge < -0.3 is 5.32 Å². The first-order valence-electron chi connectivity index (χ1n) is 9.52. The fourth-order valence-electron chi connectivity index (χ4n) is 3.13. The summed E-state index contributed by atoms with van der Waals surface area (Å²) in [5, 5.41) is 5.26. The number of rotatable bonds is 5. The minimum Gasteiger partial charge on any atom is -0.322 e. The summed E-state index contributed by atoms with van der Waals surface area (Å²) in [6.07, 6.45) is 0.542. The second-order valence-corrected chi connectivity index (χ2v) is 7.77. The number of thiazole rings is 1. The molecule has 32 heavy (non-hydrogen) atoms. The summed E-state index contributed by atoms with van der Waals surface area (Å²) >= 11 is 1.44. The van der Waals surface area contributed by atoms with Gasteiger partial charge >= 0.3 is 6.18 Å². The lowest BCUT2D eigenvalue weighted by molar-refractivity contribution is -0.137. The monoisotopic (exact) mass is 454 g/mol. The smallest absolute Gasteiger partial charge is 0.322 e. The van der Waals surface area contributed by atoms with Crippen LogP contribution < -0.4 is 10.2 Å². The van der Waals surface area contributed by atoms with E-state index in [-0.39, 0.29) is 5.56 Å². The summed E-state index contributed by atoms with van der Waals surface area (Å²) in [5.74, 6) is -0.631. The summed E-state index contributed by atoms with van der Waals surface area (Å²) < 4.78 is 39.0. The van der Waals surface area contributed by atoms with E-state index in [2.05, 4.69) is 15.3 Å². The predicted molar refractivity (Wildman–Crippen MR) is 119 cm³/mol. The van der Waals surface area contributed by atoms with Gasteiger partial charge in [0.25, 0.3) is 5.91 Å². The SMILES string of the molecule is Cc1ccc(NC(=O)c2cccc(C(F)(F)F)c2)cc1N(c1cccnc1)c1nccs1. The summed E-state index contributed by atoms with van der Waals surface area (Å²) in [7, 11) is 0. The lowest BCUT2D eigenvalue weighted by atomic mass is 10.1. The Kier molecular flexibility index (Phi) is 5.91. The third kappa shape index (κ3) is 4.62. The fourth-order valence-corrected chi connectivity index (χ4v) is 3.81. The van der Waals surface area contributed by atoms with Gasteiger partial charge in [0.15, 0.2) is 5.13 Å². The molecular formula is C23H17F3N4OS. The lowest BCUT2D eigenvalue weighted by Gasteiger charge is -2.24. The Hall–Kier alpha value is -3.72. The first-order valence-corrected chi connectivity index (χ1v) is 10.4. The molecule has 0 radical (unpaired) electrons. The number of halogens is 3. The maximum Gasteiger partial charge on any atom is 0.416 e. The van der Waals surface area contributed by atoms with Crippen LogP contribution in [0, 0.1) is 6.92 Å². The van der Waals surface area contributed by atoms with Gasteiger partial charge in [0.05, 0.1) is 23.1 Å². The van der Waals surface area contributed by atoms with Gasteiger partial charge in [0.1, 0.15) is 0 Å². The van der Waals surface area contributed by atoms with E-state index in [0.717, 1.165) is 29.1 Å². The van der Waals surface area contributed by atoms with Crippen LogP contribution in [0.25, 0.3) is 0 Å². The third-order valence-corrected chi connectivity index (χ3v) is 5.43. The Morgan fingerprint density at radius 1 is 1.06 bits per heavy atom. The second kappa shape index (κ2) is 8.80. The summed E-state index contributed by atoms with van der Waals surface area (Å²) in [4.78, 5) is 23.1. The number of aryl methyl sites for hydroxylation is 1. The molecule has 4 aromatic rings. The molecule has 0 atom stereocenters. The van der Waals surface area contributed by atoms with Crippen molar-refractivity contribution in [2.24, 2.45) is 0 Å². The topological polar surface area (TPSA) is 58.1 Å². The van der Waals surface area contributed by atoms with Crippen LogP contribution in [0.5, 0.6) is 0 Å². The Bertz CT molecular complexity index is 1230. The van der Waals surface area contributed by atoms with Crippen molar-refractivity contribution in [3.63, 3.8) is 0 Å². The molecule has 9 heteroatoms. The molecule has 2 aromatic carbocycles. The summed E-state index contributed by atoms with van der Waals surface area (Å²) in [6.45, 7) is 1.92. The van der Waals surface area contributed by atoms with Gasteiger partial charge in [-0.15, -0.1) is 11.3 Å². The van der Waals surface area contributed by atoms with E-state index in [4.69, 9.17) is 0 Å². The molecule has 5 nitrogen and oxygen atoms in total. The first kappa shape index (κ1) is 21.5. The van der Waals surface area contributed by atoms with Crippen molar-refractivity contribution >= 4 is 39.4 Å². The zero-order valence-corrected chi connectivity index (χ0v) is 17.6. The molecule has 0 aliphatic heterocycles. The number of anilines is 4. The highest BCUT2D eigenvalue weighted by atomic mass is 32.1. The molecule has 0 fully saturated rings. The minimum atomic E-state index is -4.52. The maximum absolute atomic E-state index is 13.0.